The summed E-state index contributed by atoms with van der Waals surface area (Å²) < 4.78 is 51.2. The molecule has 10 nitrogen and oxygen atoms in total. The van der Waals surface area contributed by atoms with E-state index >= 15 is 0 Å². The van der Waals surface area contributed by atoms with Crippen LogP contribution in [0.5, 0.6) is 5.75 Å². The molecular weight excluding hydrogens is 499 g/mol. The molecule has 4 heterocycles. The zero-order valence-corrected chi connectivity index (χ0v) is 19.9. The zero-order chi connectivity index (χ0) is 25.3. The molecule has 1 aliphatic heterocycles. The van der Waals surface area contributed by atoms with Gasteiger partial charge in [0.1, 0.15) is 22.4 Å². The van der Waals surface area contributed by atoms with E-state index < -0.39 is 11.7 Å². The SMILES string of the molecule is Cc1nnc(CNCc2nc3nc(N4CCC(Oc5ccccc5C(F)(F)F)CC4)sc3c(=O)[nH]2)o1. The number of benzene rings is 1. The van der Waals surface area contributed by atoms with E-state index in [0.29, 0.717) is 65.6 Å². The largest absolute Gasteiger partial charge is 0.490 e. The Balaban J connectivity index is 1.22. The monoisotopic (exact) mass is 521 g/mol. The molecule has 14 heteroatoms. The summed E-state index contributed by atoms with van der Waals surface area (Å²) in [5.74, 6) is 1.17. The van der Waals surface area contributed by atoms with Gasteiger partial charge in [0.15, 0.2) is 10.8 Å². The van der Waals surface area contributed by atoms with Gasteiger partial charge in [-0.15, -0.1) is 10.2 Å². The first-order chi connectivity index (χ1) is 17.3. The van der Waals surface area contributed by atoms with Crippen molar-refractivity contribution in [2.75, 3.05) is 18.0 Å². The van der Waals surface area contributed by atoms with Crippen LogP contribution < -0.4 is 20.5 Å². The summed E-state index contributed by atoms with van der Waals surface area (Å²) in [5.41, 5.74) is -0.709. The van der Waals surface area contributed by atoms with E-state index in [9.17, 15) is 18.0 Å². The fourth-order valence-corrected chi connectivity index (χ4v) is 4.88. The molecule has 1 aromatic carbocycles. The Morgan fingerprint density at radius 2 is 1.97 bits per heavy atom. The molecule has 0 bridgehead atoms. The van der Waals surface area contributed by atoms with Gasteiger partial charge in [-0.25, -0.2) is 4.98 Å². The smallest absolute Gasteiger partial charge is 0.419 e. The number of halogens is 3. The van der Waals surface area contributed by atoms with E-state index in [2.05, 4.69) is 30.5 Å². The average molecular weight is 522 g/mol. The van der Waals surface area contributed by atoms with Crippen LogP contribution in [-0.4, -0.2) is 44.3 Å². The fraction of sp³-hybridized carbons (Fsp3) is 0.409. The number of para-hydroxylation sites is 1. The topological polar surface area (TPSA) is 122 Å². The van der Waals surface area contributed by atoms with Crippen molar-refractivity contribution in [3.05, 3.63) is 57.8 Å². The zero-order valence-electron chi connectivity index (χ0n) is 19.1. The number of thiazole rings is 1. The highest BCUT2D eigenvalue weighted by Gasteiger charge is 2.35. The Hall–Kier alpha value is -3.52. The second-order valence-electron chi connectivity index (χ2n) is 8.28. The van der Waals surface area contributed by atoms with Crippen molar-refractivity contribution < 1.29 is 22.3 Å². The predicted molar refractivity (Wildman–Crippen MR) is 125 cm³/mol. The number of aromatic amines is 1. The number of ether oxygens (including phenoxy) is 1. The molecule has 190 valence electrons. The molecule has 5 rings (SSSR count). The normalized spacial score (nSPS) is 15.1. The van der Waals surface area contributed by atoms with Crippen LogP contribution in [0.1, 0.15) is 36.0 Å². The lowest BCUT2D eigenvalue weighted by atomic mass is 10.1. The van der Waals surface area contributed by atoms with Crippen LogP contribution in [0.3, 0.4) is 0 Å². The highest BCUT2D eigenvalue weighted by Crippen LogP contribution is 2.37. The third-order valence-corrected chi connectivity index (χ3v) is 6.74. The number of rotatable bonds is 7. The lowest BCUT2D eigenvalue weighted by Crippen LogP contribution is -2.38. The van der Waals surface area contributed by atoms with E-state index in [1.807, 2.05) is 4.90 Å². The first-order valence-electron chi connectivity index (χ1n) is 11.2. The summed E-state index contributed by atoms with van der Waals surface area (Å²) in [6.45, 7) is 3.38. The average Bonchev–Trinajstić information content (AvgIpc) is 3.46. The number of fused-ring (bicyclic) bond motifs is 1. The van der Waals surface area contributed by atoms with Gasteiger partial charge in [-0.2, -0.15) is 18.2 Å². The van der Waals surface area contributed by atoms with Crippen LogP contribution in [0.15, 0.2) is 33.5 Å². The van der Waals surface area contributed by atoms with Crippen molar-refractivity contribution in [3.8, 4) is 5.75 Å². The molecule has 36 heavy (non-hydrogen) atoms. The fourth-order valence-electron chi connectivity index (χ4n) is 3.93. The summed E-state index contributed by atoms with van der Waals surface area (Å²) in [6, 6.07) is 5.24. The molecule has 3 aromatic heterocycles. The number of alkyl halides is 3. The minimum absolute atomic E-state index is 0.158. The lowest BCUT2D eigenvalue weighted by Gasteiger charge is -2.32. The molecule has 1 aliphatic rings. The van der Waals surface area contributed by atoms with Gasteiger partial charge in [0.2, 0.25) is 11.8 Å². The number of nitrogens with one attached hydrogen (secondary N) is 2. The third kappa shape index (κ3) is 5.33. The summed E-state index contributed by atoms with van der Waals surface area (Å²) in [5, 5.41) is 11.4. The maximum Gasteiger partial charge on any atom is 0.419 e. The quantitative estimate of drug-likeness (QED) is 0.377. The van der Waals surface area contributed by atoms with E-state index in [1.54, 1.807) is 6.92 Å². The summed E-state index contributed by atoms with van der Waals surface area (Å²) in [4.78, 5) is 26.3. The van der Waals surface area contributed by atoms with E-state index in [0.717, 1.165) is 6.07 Å². The summed E-state index contributed by atoms with van der Waals surface area (Å²) in [6.07, 6.45) is -3.77. The Bertz CT molecular complexity index is 1410. The first kappa shape index (κ1) is 24.2. The molecule has 0 unspecified atom stereocenters. The predicted octanol–water partition coefficient (Wildman–Crippen LogP) is 3.43. The van der Waals surface area contributed by atoms with Gasteiger partial charge in [0.25, 0.3) is 5.56 Å². The number of hydrogen-bond donors (Lipinski definition) is 2. The molecule has 1 fully saturated rings. The second kappa shape index (κ2) is 9.85. The van der Waals surface area contributed by atoms with Crippen molar-refractivity contribution in [2.24, 2.45) is 0 Å². The molecule has 2 N–H and O–H groups in total. The number of anilines is 1. The van der Waals surface area contributed by atoms with Gasteiger partial charge in [-0.3, -0.25) is 4.79 Å². The molecule has 0 spiro atoms. The molecule has 0 amide bonds. The standard InChI is InChI=1S/C22H22F3N7O3S/c1-12-30-31-17(34-12)11-26-10-16-27-19-18(20(33)28-16)36-21(29-19)32-8-6-13(7-9-32)35-15-5-3-2-4-14(15)22(23,24)25/h2-5,13,26H,6-11H2,1H3,(H,27,28,33). The number of aryl methyl sites for hydroxylation is 1. The number of hydrogen-bond acceptors (Lipinski definition) is 10. The summed E-state index contributed by atoms with van der Waals surface area (Å²) >= 11 is 1.24. The maximum absolute atomic E-state index is 13.3. The van der Waals surface area contributed by atoms with Gasteiger partial charge in [-0.05, 0) is 12.1 Å². The molecule has 0 saturated carbocycles. The second-order valence-corrected chi connectivity index (χ2v) is 9.26. The van der Waals surface area contributed by atoms with E-state index in [4.69, 9.17) is 9.15 Å². The van der Waals surface area contributed by atoms with E-state index in [-0.39, 0.29) is 24.0 Å². The van der Waals surface area contributed by atoms with Crippen LogP contribution in [-0.2, 0) is 19.3 Å². The van der Waals surface area contributed by atoms with Gasteiger partial charge >= 0.3 is 6.18 Å². The molecule has 0 radical (unpaired) electrons. The molecule has 0 atom stereocenters. The highest BCUT2D eigenvalue weighted by molar-refractivity contribution is 7.22. The molecule has 1 saturated heterocycles. The number of nitrogens with zero attached hydrogens (tertiary/aromatic N) is 5. The van der Waals surface area contributed by atoms with Crippen LogP contribution in [0.4, 0.5) is 18.3 Å². The minimum Gasteiger partial charge on any atom is -0.490 e. The van der Waals surface area contributed by atoms with Crippen LogP contribution >= 0.6 is 11.3 Å². The summed E-state index contributed by atoms with van der Waals surface area (Å²) in [7, 11) is 0. The van der Waals surface area contributed by atoms with Gasteiger partial charge in [0, 0.05) is 32.9 Å². The van der Waals surface area contributed by atoms with E-state index in [1.165, 1.54) is 29.5 Å². The highest BCUT2D eigenvalue weighted by atomic mass is 32.1. The Morgan fingerprint density at radius 1 is 1.19 bits per heavy atom. The number of H-pyrrole nitrogens is 1. The number of aromatic nitrogens is 5. The van der Waals surface area contributed by atoms with Gasteiger partial charge in [0.05, 0.1) is 18.7 Å². The van der Waals surface area contributed by atoms with Gasteiger partial charge in [-0.1, -0.05) is 23.5 Å². The molecule has 0 aliphatic carbocycles. The maximum atomic E-state index is 13.3. The first-order valence-corrected chi connectivity index (χ1v) is 12.0. The Morgan fingerprint density at radius 3 is 2.69 bits per heavy atom. The van der Waals surface area contributed by atoms with Crippen molar-refractivity contribution in [1.29, 1.82) is 0 Å². The van der Waals surface area contributed by atoms with Crippen molar-refractivity contribution in [2.45, 2.75) is 45.1 Å². The van der Waals surface area contributed by atoms with Crippen molar-refractivity contribution in [3.63, 3.8) is 0 Å². The van der Waals surface area contributed by atoms with Crippen LogP contribution in [0.25, 0.3) is 10.3 Å². The minimum atomic E-state index is -4.47. The third-order valence-electron chi connectivity index (χ3n) is 5.64. The number of piperidine rings is 1. The Labute approximate surface area is 206 Å². The molecule has 4 aromatic rings. The van der Waals surface area contributed by atoms with Crippen LogP contribution in [0, 0.1) is 6.92 Å². The molecular formula is C22H22F3N7O3S. The van der Waals surface area contributed by atoms with Gasteiger partial charge < -0.3 is 24.4 Å². The van der Waals surface area contributed by atoms with Crippen molar-refractivity contribution >= 4 is 26.8 Å². The Kier molecular flexibility index (Phi) is 6.62. The van der Waals surface area contributed by atoms with Crippen LogP contribution in [0.2, 0.25) is 0 Å². The van der Waals surface area contributed by atoms with Crippen molar-refractivity contribution in [1.82, 2.24) is 30.5 Å². The lowest BCUT2D eigenvalue weighted by molar-refractivity contribution is -0.139.